The number of amides is 1. The Balaban J connectivity index is 2.32. The molecule has 1 aromatic carbocycles. The summed E-state index contributed by atoms with van der Waals surface area (Å²) in [6, 6.07) is 2.96. The molecule has 0 saturated carbocycles. The van der Waals surface area contributed by atoms with E-state index >= 15 is 0 Å². The molecule has 4 nitrogen and oxygen atoms in total. The third kappa shape index (κ3) is 4.14. The van der Waals surface area contributed by atoms with E-state index in [0.717, 1.165) is 25.1 Å². The quantitative estimate of drug-likeness (QED) is 0.741. The van der Waals surface area contributed by atoms with E-state index in [0.29, 0.717) is 10.7 Å². The lowest BCUT2D eigenvalue weighted by atomic mass is 10.1. The summed E-state index contributed by atoms with van der Waals surface area (Å²) in [5.41, 5.74) is -3.62. The van der Waals surface area contributed by atoms with Gasteiger partial charge in [0.15, 0.2) is 0 Å². The van der Waals surface area contributed by atoms with E-state index in [4.69, 9.17) is 0 Å². The largest absolute Gasteiger partial charge is 0.418 e. The Kier molecular flexibility index (Phi) is 5.57. The first-order valence-corrected chi connectivity index (χ1v) is 7.15. The number of carbonyl (C=O) groups excluding carboxylic acids is 1. The van der Waals surface area contributed by atoms with E-state index < -0.39 is 53.6 Å². The van der Waals surface area contributed by atoms with Crippen LogP contribution in [0.2, 0.25) is 0 Å². The van der Waals surface area contributed by atoms with Crippen molar-refractivity contribution in [3.05, 3.63) is 47.3 Å². The average molecular weight is 383 g/mol. The fourth-order valence-electron chi connectivity index (χ4n) is 2.20. The van der Waals surface area contributed by atoms with Gasteiger partial charge < -0.3 is 5.32 Å². The van der Waals surface area contributed by atoms with Crippen LogP contribution in [0, 0.1) is 0 Å². The smallest absolute Gasteiger partial charge is 0.324 e. The predicted molar refractivity (Wildman–Crippen MR) is 76.9 cm³/mol. The maximum Gasteiger partial charge on any atom is 0.418 e. The Labute approximate surface area is 142 Å². The summed E-state index contributed by atoms with van der Waals surface area (Å²) in [7, 11) is 0. The van der Waals surface area contributed by atoms with Crippen LogP contribution in [0.3, 0.4) is 0 Å². The Morgan fingerprint density at radius 2 is 1.73 bits per heavy atom. The molecule has 0 bridgehead atoms. The zero-order chi connectivity index (χ0) is 19.6. The molecular formula is C15H12F7N3O. The minimum Gasteiger partial charge on any atom is -0.324 e. The molecule has 0 aliphatic rings. The van der Waals surface area contributed by atoms with Crippen LogP contribution in [0.4, 0.5) is 36.4 Å². The van der Waals surface area contributed by atoms with Crippen LogP contribution < -0.4 is 5.32 Å². The Bertz CT molecular complexity index is 786. The predicted octanol–water partition coefficient (Wildman–Crippen LogP) is 4.98. The van der Waals surface area contributed by atoms with Gasteiger partial charge in [-0.25, -0.2) is 17.6 Å². The molecule has 1 unspecified atom stereocenters. The number of aromatic nitrogens is 2. The van der Waals surface area contributed by atoms with Crippen molar-refractivity contribution in [2.45, 2.75) is 32.0 Å². The maximum atomic E-state index is 13.0. The highest BCUT2D eigenvalue weighted by molar-refractivity contribution is 5.94. The molecule has 1 atom stereocenters. The van der Waals surface area contributed by atoms with Crippen LogP contribution in [0.15, 0.2) is 30.3 Å². The first-order valence-electron chi connectivity index (χ1n) is 7.15. The zero-order valence-electron chi connectivity index (χ0n) is 13.1. The second-order valence-corrected chi connectivity index (χ2v) is 5.25. The fraction of sp³-hybridized carbons (Fsp3) is 0.333. The van der Waals surface area contributed by atoms with E-state index in [1.54, 1.807) is 0 Å². The van der Waals surface area contributed by atoms with Gasteiger partial charge in [-0.1, -0.05) is 12.1 Å². The minimum atomic E-state index is -4.75. The van der Waals surface area contributed by atoms with Crippen molar-refractivity contribution in [3.63, 3.8) is 0 Å². The van der Waals surface area contributed by atoms with Crippen LogP contribution in [0.5, 0.6) is 0 Å². The molecule has 26 heavy (non-hydrogen) atoms. The van der Waals surface area contributed by atoms with Gasteiger partial charge in [-0.15, -0.1) is 0 Å². The lowest BCUT2D eigenvalue weighted by Crippen LogP contribution is -2.27. The number of nitrogens with one attached hydrogen (secondary N) is 1. The summed E-state index contributed by atoms with van der Waals surface area (Å²) >= 11 is 0. The van der Waals surface area contributed by atoms with Crippen LogP contribution in [-0.2, 0) is 11.0 Å². The minimum absolute atomic E-state index is 0.373. The highest BCUT2D eigenvalue weighted by Crippen LogP contribution is 2.35. The van der Waals surface area contributed by atoms with Crippen LogP contribution in [0.1, 0.15) is 42.8 Å². The SMILES string of the molecule is CC(C(=O)Nc1ccccc1C(F)(F)F)n1nc(C(F)F)cc1C(F)F. The van der Waals surface area contributed by atoms with Crippen molar-refractivity contribution < 1.29 is 35.5 Å². The molecule has 11 heteroatoms. The monoisotopic (exact) mass is 383 g/mol. The number of para-hydroxylation sites is 1. The third-order valence-corrected chi connectivity index (χ3v) is 3.47. The normalized spacial score (nSPS) is 13.3. The molecule has 0 saturated heterocycles. The van der Waals surface area contributed by atoms with Crippen molar-refractivity contribution in [1.82, 2.24) is 9.78 Å². The molecule has 0 aliphatic heterocycles. The first-order chi connectivity index (χ1) is 12.0. The lowest BCUT2D eigenvalue weighted by Gasteiger charge is -2.18. The van der Waals surface area contributed by atoms with Gasteiger partial charge in [0.25, 0.3) is 12.9 Å². The van der Waals surface area contributed by atoms with E-state index in [1.807, 2.05) is 5.32 Å². The van der Waals surface area contributed by atoms with Crippen LogP contribution in [0.25, 0.3) is 0 Å². The molecule has 2 rings (SSSR count). The van der Waals surface area contributed by atoms with Crippen LogP contribution in [-0.4, -0.2) is 15.7 Å². The molecule has 0 fully saturated rings. The molecule has 1 heterocycles. The maximum absolute atomic E-state index is 13.0. The van der Waals surface area contributed by atoms with Gasteiger partial charge in [0, 0.05) is 0 Å². The number of hydrogen-bond donors (Lipinski definition) is 1. The average Bonchev–Trinajstić information content (AvgIpc) is 2.99. The van der Waals surface area contributed by atoms with Gasteiger partial charge in [-0.3, -0.25) is 9.48 Å². The van der Waals surface area contributed by atoms with E-state index in [9.17, 15) is 35.5 Å². The second-order valence-electron chi connectivity index (χ2n) is 5.25. The zero-order valence-corrected chi connectivity index (χ0v) is 13.1. The number of halogens is 7. The summed E-state index contributed by atoms with van der Waals surface area (Å²) in [4.78, 5) is 12.2. The highest BCUT2D eigenvalue weighted by atomic mass is 19.4. The molecule has 2 aromatic rings. The lowest BCUT2D eigenvalue weighted by molar-refractivity contribution is -0.137. The molecule has 142 valence electrons. The Morgan fingerprint density at radius 3 is 2.27 bits per heavy atom. The number of rotatable bonds is 5. The van der Waals surface area contributed by atoms with Gasteiger partial charge >= 0.3 is 6.18 Å². The van der Waals surface area contributed by atoms with E-state index in [1.165, 1.54) is 6.07 Å². The first kappa shape index (κ1) is 19.7. The summed E-state index contributed by atoms with van der Waals surface area (Å²) < 4.78 is 90.5. The van der Waals surface area contributed by atoms with E-state index in [-0.39, 0.29) is 0 Å². The molecule has 1 aromatic heterocycles. The Morgan fingerprint density at radius 1 is 1.12 bits per heavy atom. The van der Waals surface area contributed by atoms with Crippen molar-refractivity contribution in [1.29, 1.82) is 0 Å². The summed E-state index contributed by atoms with van der Waals surface area (Å²) in [5.74, 6) is -1.12. The topological polar surface area (TPSA) is 46.9 Å². The number of alkyl halides is 7. The molecule has 0 spiro atoms. The molecule has 1 N–H and O–H groups in total. The summed E-state index contributed by atoms with van der Waals surface area (Å²) in [6.45, 7) is 1.06. The van der Waals surface area contributed by atoms with Gasteiger partial charge in [0.1, 0.15) is 17.4 Å². The van der Waals surface area contributed by atoms with Crippen molar-refractivity contribution in [3.8, 4) is 0 Å². The van der Waals surface area contributed by atoms with E-state index in [2.05, 4.69) is 5.10 Å². The third-order valence-electron chi connectivity index (χ3n) is 3.47. The fourth-order valence-corrected chi connectivity index (χ4v) is 2.20. The van der Waals surface area contributed by atoms with Gasteiger partial charge in [0.2, 0.25) is 5.91 Å². The Hall–Kier alpha value is -2.59. The molecule has 0 aliphatic carbocycles. The van der Waals surface area contributed by atoms with Crippen molar-refractivity contribution in [2.75, 3.05) is 5.32 Å². The summed E-state index contributed by atoms with van der Waals surface area (Å²) in [6.07, 6.45) is -11.1. The van der Waals surface area contributed by atoms with Gasteiger partial charge in [0.05, 0.1) is 11.3 Å². The van der Waals surface area contributed by atoms with Crippen LogP contribution >= 0.6 is 0 Å². The number of hydrogen-bond acceptors (Lipinski definition) is 2. The van der Waals surface area contributed by atoms with Crippen molar-refractivity contribution >= 4 is 11.6 Å². The highest BCUT2D eigenvalue weighted by Gasteiger charge is 2.34. The van der Waals surface area contributed by atoms with Gasteiger partial charge in [-0.2, -0.15) is 18.3 Å². The number of nitrogens with zero attached hydrogens (tertiary/aromatic N) is 2. The number of benzene rings is 1. The molecule has 1 amide bonds. The van der Waals surface area contributed by atoms with Gasteiger partial charge in [-0.05, 0) is 25.1 Å². The molecular weight excluding hydrogens is 371 g/mol. The second kappa shape index (κ2) is 7.34. The summed E-state index contributed by atoms with van der Waals surface area (Å²) in [5, 5.41) is 5.24. The molecule has 0 radical (unpaired) electrons. The number of anilines is 1. The number of carbonyl (C=O) groups is 1. The van der Waals surface area contributed by atoms with Crippen molar-refractivity contribution in [2.24, 2.45) is 0 Å². The standard InChI is InChI=1S/C15H12F7N3O/c1-7(25-11(13(18)19)6-10(24-25)12(16)17)14(26)23-9-5-3-2-4-8(9)15(20,21)22/h2-7,12-13H,1H3,(H,23,26).